The third-order valence-corrected chi connectivity index (χ3v) is 4.09. The van der Waals surface area contributed by atoms with Crippen molar-refractivity contribution in [3.8, 4) is 11.5 Å². The molecule has 23 heavy (non-hydrogen) atoms. The van der Waals surface area contributed by atoms with E-state index in [0.717, 1.165) is 28.0 Å². The highest BCUT2D eigenvalue weighted by Gasteiger charge is 2.13. The normalized spacial score (nSPS) is 11.0. The molecular weight excluding hydrogens is 290 g/mol. The smallest absolute Gasteiger partial charge is 0.123 e. The van der Waals surface area contributed by atoms with Crippen LogP contribution >= 0.6 is 0 Å². The summed E-state index contributed by atoms with van der Waals surface area (Å²) in [5, 5.41) is 19.5. The largest absolute Gasteiger partial charge is 0.508 e. The molecule has 2 aromatic carbocycles. The molecule has 0 bridgehead atoms. The van der Waals surface area contributed by atoms with Crippen molar-refractivity contribution in [3.05, 3.63) is 58.7 Å². The monoisotopic (exact) mass is 315 g/mol. The van der Waals surface area contributed by atoms with Crippen LogP contribution in [0.3, 0.4) is 0 Å². The number of para-hydroxylation sites is 1. The number of ether oxygens (including phenoxy) is 1. The van der Waals surface area contributed by atoms with Gasteiger partial charge in [-0.3, -0.25) is 4.90 Å². The summed E-state index contributed by atoms with van der Waals surface area (Å²) in [5.41, 5.74) is 4.16. The Morgan fingerprint density at radius 1 is 1.00 bits per heavy atom. The first-order valence-corrected chi connectivity index (χ1v) is 7.79. The molecule has 0 amide bonds. The molecule has 0 saturated carbocycles. The lowest BCUT2D eigenvalue weighted by Crippen LogP contribution is -2.26. The van der Waals surface area contributed by atoms with Gasteiger partial charge in [-0.15, -0.1) is 0 Å². The molecule has 0 unspecified atom stereocenters. The Bertz CT molecular complexity index is 655. The second-order valence-electron chi connectivity index (χ2n) is 5.81. The van der Waals surface area contributed by atoms with Gasteiger partial charge >= 0.3 is 0 Å². The molecule has 4 heteroatoms. The minimum atomic E-state index is 0.0702. The number of hydrogen-bond acceptors (Lipinski definition) is 4. The molecule has 0 aromatic heterocycles. The Labute approximate surface area is 138 Å². The predicted molar refractivity (Wildman–Crippen MR) is 91.8 cm³/mol. The lowest BCUT2D eigenvalue weighted by molar-refractivity contribution is 0.181. The molecule has 124 valence electrons. The topological polar surface area (TPSA) is 52.9 Å². The lowest BCUT2D eigenvalue weighted by atomic mass is 10.0. The first-order chi connectivity index (χ1) is 11.0. The number of phenolic OH excluding ortho intramolecular Hbond substituents is 1. The number of rotatable bonds is 7. The fraction of sp³-hybridized carbons (Fsp3) is 0.368. The molecule has 0 saturated heterocycles. The number of phenols is 1. The first kappa shape index (κ1) is 17.3. The van der Waals surface area contributed by atoms with Crippen molar-refractivity contribution >= 4 is 0 Å². The van der Waals surface area contributed by atoms with Crippen molar-refractivity contribution in [3.63, 3.8) is 0 Å². The second kappa shape index (κ2) is 7.99. The molecule has 4 nitrogen and oxygen atoms in total. The Balaban J connectivity index is 2.20. The Hall–Kier alpha value is -2.04. The molecule has 0 heterocycles. The molecule has 0 aliphatic heterocycles. The average Bonchev–Trinajstić information content (AvgIpc) is 2.53. The number of benzene rings is 2. The fourth-order valence-corrected chi connectivity index (χ4v) is 2.66. The maximum absolute atomic E-state index is 10.2. The number of aromatic hydroxyl groups is 1. The van der Waals surface area contributed by atoms with E-state index in [1.54, 1.807) is 13.2 Å². The first-order valence-electron chi connectivity index (χ1n) is 7.79. The summed E-state index contributed by atoms with van der Waals surface area (Å²) in [4.78, 5) is 2.10. The summed E-state index contributed by atoms with van der Waals surface area (Å²) in [6, 6.07) is 11.7. The Kier molecular flexibility index (Phi) is 6.02. The zero-order valence-corrected chi connectivity index (χ0v) is 14.0. The van der Waals surface area contributed by atoms with Gasteiger partial charge in [0.15, 0.2) is 0 Å². The summed E-state index contributed by atoms with van der Waals surface area (Å²) in [5.74, 6) is 1.14. The zero-order chi connectivity index (χ0) is 16.8. The van der Waals surface area contributed by atoms with E-state index in [0.29, 0.717) is 25.4 Å². The Morgan fingerprint density at radius 3 is 2.35 bits per heavy atom. The summed E-state index contributed by atoms with van der Waals surface area (Å²) in [7, 11) is 1.66. The number of aliphatic hydroxyl groups is 1. The van der Waals surface area contributed by atoms with Crippen LogP contribution in [0.5, 0.6) is 11.5 Å². The van der Waals surface area contributed by atoms with E-state index in [1.807, 2.05) is 44.2 Å². The maximum Gasteiger partial charge on any atom is 0.123 e. The van der Waals surface area contributed by atoms with Gasteiger partial charge in [-0.2, -0.15) is 0 Å². The van der Waals surface area contributed by atoms with Gasteiger partial charge in [0.1, 0.15) is 11.5 Å². The van der Waals surface area contributed by atoms with Gasteiger partial charge in [-0.1, -0.05) is 24.3 Å². The van der Waals surface area contributed by atoms with Crippen LogP contribution in [0.15, 0.2) is 36.4 Å². The van der Waals surface area contributed by atoms with E-state index in [2.05, 4.69) is 4.90 Å². The molecule has 2 aromatic rings. The van der Waals surface area contributed by atoms with Gasteiger partial charge in [0.2, 0.25) is 0 Å². The minimum absolute atomic E-state index is 0.0702. The van der Waals surface area contributed by atoms with Gasteiger partial charge in [-0.25, -0.2) is 0 Å². The van der Waals surface area contributed by atoms with Gasteiger partial charge in [0, 0.05) is 30.8 Å². The van der Waals surface area contributed by atoms with Gasteiger partial charge in [0.25, 0.3) is 0 Å². The third kappa shape index (κ3) is 4.47. The van der Waals surface area contributed by atoms with Gasteiger partial charge in [-0.05, 0) is 37.1 Å². The fourth-order valence-electron chi connectivity index (χ4n) is 2.66. The van der Waals surface area contributed by atoms with Crippen molar-refractivity contribution in [1.82, 2.24) is 4.90 Å². The minimum Gasteiger partial charge on any atom is -0.508 e. The van der Waals surface area contributed by atoms with Crippen molar-refractivity contribution < 1.29 is 14.9 Å². The summed E-state index contributed by atoms with van der Waals surface area (Å²) >= 11 is 0. The van der Waals surface area contributed by atoms with E-state index in [-0.39, 0.29) is 6.61 Å². The quantitative estimate of drug-likeness (QED) is 0.825. The van der Waals surface area contributed by atoms with E-state index in [4.69, 9.17) is 4.74 Å². The van der Waals surface area contributed by atoms with Crippen molar-refractivity contribution in [1.29, 1.82) is 0 Å². The highest BCUT2D eigenvalue weighted by Crippen LogP contribution is 2.25. The third-order valence-electron chi connectivity index (χ3n) is 4.09. The van der Waals surface area contributed by atoms with E-state index in [1.165, 1.54) is 0 Å². The average molecular weight is 315 g/mol. The predicted octanol–water partition coefficient (Wildman–Crippen LogP) is 3.01. The molecule has 0 aliphatic carbocycles. The number of methoxy groups -OCH3 is 1. The van der Waals surface area contributed by atoms with Crippen LogP contribution in [0, 0.1) is 13.8 Å². The van der Waals surface area contributed by atoms with E-state index in [9.17, 15) is 10.2 Å². The molecule has 0 atom stereocenters. The lowest BCUT2D eigenvalue weighted by Gasteiger charge is -2.23. The summed E-state index contributed by atoms with van der Waals surface area (Å²) in [6.45, 7) is 5.85. The molecule has 2 N–H and O–H groups in total. The van der Waals surface area contributed by atoms with Crippen LogP contribution in [0.1, 0.15) is 22.3 Å². The van der Waals surface area contributed by atoms with Crippen molar-refractivity contribution in [2.45, 2.75) is 26.9 Å². The van der Waals surface area contributed by atoms with Crippen LogP contribution < -0.4 is 4.74 Å². The number of nitrogens with zero attached hydrogens (tertiary/aromatic N) is 1. The molecule has 2 rings (SSSR count). The van der Waals surface area contributed by atoms with E-state index < -0.39 is 0 Å². The summed E-state index contributed by atoms with van der Waals surface area (Å²) < 4.78 is 5.39. The molecule has 0 aliphatic rings. The number of aliphatic hydroxyl groups excluding tert-OH is 1. The Morgan fingerprint density at radius 2 is 1.65 bits per heavy atom. The van der Waals surface area contributed by atoms with Crippen LogP contribution in [0.4, 0.5) is 0 Å². The molecule has 0 spiro atoms. The molecular formula is C19H25NO3. The number of aryl methyl sites for hydroxylation is 2. The summed E-state index contributed by atoms with van der Waals surface area (Å²) in [6.07, 6.45) is 0. The van der Waals surface area contributed by atoms with Crippen molar-refractivity contribution in [2.24, 2.45) is 0 Å². The van der Waals surface area contributed by atoms with Crippen LogP contribution in [-0.4, -0.2) is 35.4 Å². The van der Waals surface area contributed by atoms with Crippen LogP contribution in [0.2, 0.25) is 0 Å². The maximum atomic E-state index is 10.2. The molecule has 0 radical (unpaired) electrons. The highest BCUT2D eigenvalue weighted by atomic mass is 16.5. The van der Waals surface area contributed by atoms with E-state index >= 15 is 0 Å². The second-order valence-corrected chi connectivity index (χ2v) is 5.81. The van der Waals surface area contributed by atoms with Crippen LogP contribution in [0.25, 0.3) is 0 Å². The standard InChI is InChI=1S/C19H25NO3/c1-14-10-17(18(22)11-15(14)2)13-20(8-9-21)12-16-6-4-5-7-19(16)23-3/h4-7,10-11,21-22H,8-9,12-13H2,1-3H3. The highest BCUT2D eigenvalue weighted by molar-refractivity contribution is 5.41. The van der Waals surface area contributed by atoms with Crippen LogP contribution in [-0.2, 0) is 13.1 Å². The van der Waals surface area contributed by atoms with Gasteiger partial charge < -0.3 is 14.9 Å². The number of hydrogen-bond donors (Lipinski definition) is 2. The molecule has 0 fully saturated rings. The SMILES string of the molecule is COc1ccccc1CN(CCO)Cc1cc(C)c(C)cc1O. The van der Waals surface area contributed by atoms with Gasteiger partial charge in [0.05, 0.1) is 13.7 Å². The zero-order valence-electron chi connectivity index (χ0n) is 14.0. The van der Waals surface area contributed by atoms with Crippen molar-refractivity contribution in [2.75, 3.05) is 20.3 Å².